The van der Waals surface area contributed by atoms with Gasteiger partial charge in [0, 0.05) is 11.8 Å². The van der Waals surface area contributed by atoms with E-state index < -0.39 is 0 Å². The van der Waals surface area contributed by atoms with Crippen LogP contribution in [0, 0.1) is 6.92 Å². The fourth-order valence-corrected chi connectivity index (χ4v) is 0.960. The Hall–Kier alpha value is -1.76. The van der Waals surface area contributed by atoms with Gasteiger partial charge in [0.05, 0.1) is 0 Å². The van der Waals surface area contributed by atoms with Gasteiger partial charge in [0.2, 0.25) is 0 Å². The summed E-state index contributed by atoms with van der Waals surface area (Å²) < 4.78 is 1.42. The molecular weight excluding hydrogens is 158 g/mol. The molecule has 0 saturated heterocycles. The predicted molar refractivity (Wildman–Crippen MR) is 41.1 cm³/mol. The van der Waals surface area contributed by atoms with E-state index in [1.165, 1.54) is 4.52 Å². The highest BCUT2D eigenvalue weighted by molar-refractivity contribution is 5.42. The second kappa shape index (κ2) is 2.38. The Bertz CT molecular complexity index is 405. The lowest BCUT2D eigenvalue weighted by Gasteiger charge is -2.01. The summed E-state index contributed by atoms with van der Waals surface area (Å²) in [7, 11) is 0. The van der Waals surface area contributed by atoms with Crippen LogP contribution in [0.1, 0.15) is 5.69 Å². The standard InChI is InChI=1S/C5H7N7/c1-3-2-4(8-6)12-5(7-3)9-10-11-12/h2,8H,6H2,1H3. The number of nitrogens with zero attached hydrogens (tertiary/aromatic N) is 5. The number of nitrogen functional groups attached to an aromatic ring is 1. The molecular formula is C5H7N7. The van der Waals surface area contributed by atoms with Crippen LogP contribution in [-0.2, 0) is 0 Å². The first-order chi connectivity index (χ1) is 5.81. The van der Waals surface area contributed by atoms with Crippen molar-refractivity contribution in [3.63, 3.8) is 0 Å². The van der Waals surface area contributed by atoms with Crippen molar-refractivity contribution in [3.05, 3.63) is 11.8 Å². The number of hydrogen-bond acceptors (Lipinski definition) is 6. The molecule has 2 heterocycles. The number of anilines is 1. The fourth-order valence-electron chi connectivity index (χ4n) is 0.960. The number of nitrogens with one attached hydrogen (secondary N) is 1. The molecule has 0 aromatic carbocycles. The summed E-state index contributed by atoms with van der Waals surface area (Å²) in [6.07, 6.45) is 0. The Morgan fingerprint density at radius 2 is 2.42 bits per heavy atom. The molecule has 0 aliphatic heterocycles. The summed E-state index contributed by atoms with van der Waals surface area (Å²) >= 11 is 0. The lowest BCUT2D eigenvalue weighted by Crippen LogP contribution is -2.12. The number of rotatable bonds is 1. The number of aryl methyl sites for hydroxylation is 1. The van der Waals surface area contributed by atoms with E-state index in [1.807, 2.05) is 6.92 Å². The average Bonchev–Trinajstić information content (AvgIpc) is 2.50. The Kier molecular flexibility index (Phi) is 1.37. The van der Waals surface area contributed by atoms with Gasteiger partial charge < -0.3 is 5.43 Å². The first kappa shape index (κ1) is 6.92. The highest BCUT2D eigenvalue weighted by atomic mass is 15.6. The van der Waals surface area contributed by atoms with Crippen LogP contribution in [0.4, 0.5) is 5.82 Å². The Morgan fingerprint density at radius 1 is 1.58 bits per heavy atom. The summed E-state index contributed by atoms with van der Waals surface area (Å²) in [6.45, 7) is 1.84. The number of tetrazole rings is 1. The molecule has 0 radical (unpaired) electrons. The van der Waals surface area contributed by atoms with Gasteiger partial charge in [0.15, 0.2) is 0 Å². The van der Waals surface area contributed by atoms with Crippen LogP contribution in [0.15, 0.2) is 6.07 Å². The van der Waals surface area contributed by atoms with Crippen molar-refractivity contribution in [1.82, 2.24) is 25.0 Å². The molecule has 62 valence electrons. The number of hydrogen-bond donors (Lipinski definition) is 2. The zero-order chi connectivity index (χ0) is 8.55. The maximum absolute atomic E-state index is 5.25. The summed E-state index contributed by atoms with van der Waals surface area (Å²) in [4.78, 5) is 4.08. The van der Waals surface area contributed by atoms with E-state index in [9.17, 15) is 0 Å². The van der Waals surface area contributed by atoms with Crippen molar-refractivity contribution in [1.29, 1.82) is 0 Å². The van der Waals surface area contributed by atoms with Gasteiger partial charge in [-0.2, -0.15) is 4.52 Å². The Balaban J connectivity index is 2.80. The summed E-state index contributed by atoms with van der Waals surface area (Å²) in [5.74, 6) is 6.30. The molecule has 2 rings (SSSR count). The van der Waals surface area contributed by atoms with Crippen LogP contribution in [0.5, 0.6) is 0 Å². The minimum absolute atomic E-state index is 0.433. The molecule has 12 heavy (non-hydrogen) atoms. The van der Waals surface area contributed by atoms with E-state index in [2.05, 4.69) is 25.9 Å². The largest absolute Gasteiger partial charge is 0.308 e. The molecule has 0 saturated carbocycles. The number of aromatic nitrogens is 5. The third-order valence-corrected chi connectivity index (χ3v) is 1.45. The highest BCUT2D eigenvalue weighted by Gasteiger charge is 2.03. The number of nitrogens with two attached hydrogens (primary N) is 1. The van der Waals surface area contributed by atoms with E-state index in [0.29, 0.717) is 11.6 Å². The first-order valence-electron chi connectivity index (χ1n) is 3.33. The molecule has 0 aliphatic carbocycles. The monoisotopic (exact) mass is 165 g/mol. The smallest absolute Gasteiger partial charge is 0.275 e. The van der Waals surface area contributed by atoms with Crippen molar-refractivity contribution in [2.75, 3.05) is 5.43 Å². The molecule has 7 heteroatoms. The second-order valence-corrected chi connectivity index (χ2v) is 2.32. The van der Waals surface area contributed by atoms with Crippen molar-refractivity contribution in [3.8, 4) is 0 Å². The molecule has 0 amide bonds. The SMILES string of the molecule is Cc1cc(NN)n2nnnc2n1. The minimum atomic E-state index is 0.433. The van der Waals surface area contributed by atoms with Gasteiger partial charge in [-0.25, -0.2) is 10.8 Å². The van der Waals surface area contributed by atoms with Crippen LogP contribution in [-0.4, -0.2) is 25.0 Å². The van der Waals surface area contributed by atoms with Crippen LogP contribution >= 0.6 is 0 Å². The van der Waals surface area contributed by atoms with Crippen LogP contribution < -0.4 is 11.3 Å². The van der Waals surface area contributed by atoms with Gasteiger partial charge in [0.25, 0.3) is 5.78 Å². The predicted octanol–water partition coefficient (Wildman–Crippen LogP) is -0.887. The minimum Gasteiger partial charge on any atom is -0.308 e. The maximum Gasteiger partial charge on any atom is 0.275 e. The lowest BCUT2D eigenvalue weighted by molar-refractivity contribution is 0.821. The quantitative estimate of drug-likeness (QED) is 0.420. The van der Waals surface area contributed by atoms with Crippen LogP contribution in [0.25, 0.3) is 5.78 Å². The molecule has 0 fully saturated rings. The topological polar surface area (TPSA) is 94.0 Å². The van der Waals surface area contributed by atoms with Gasteiger partial charge >= 0.3 is 0 Å². The zero-order valence-corrected chi connectivity index (χ0v) is 6.39. The van der Waals surface area contributed by atoms with Crippen LogP contribution in [0.3, 0.4) is 0 Å². The number of fused-ring (bicyclic) bond motifs is 1. The average molecular weight is 165 g/mol. The van der Waals surface area contributed by atoms with E-state index in [1.54, 1.807) is 6.07 Å². The summed E-state index contributed by atoms with van der Waals surface area (Å²) in [5.41, 5.74) is 3.29. The van der Waals surface area contributed by atoms with E-state index in [4.69, 9.17) is 5.84 Å². The van der Waals surface area contributed by atoms with Crippen molar-refractivity contribution in [2.45, 2.75) is 6.92 Å². The Labute approximate surface area is 67.6 Å². The Morgan fingerprint density at radius 3 is 3.17 bits per heavy atom. The molecule has 3 N–H and O–H groups in total. The molecule has 2 aromatic rings. The van der Waals surface area contributed by atoms with Crippen molar-refractivity contribution < 1.29 is 0 Å². The maximum atomic E-state index is 5.25. The molecule has 7 nitrogen and oxygen atoms in total. The molecule has 0 spiro atoms. The van der Waals surface area contributed by atoms with Gasteiger partial charge in [-0.15, -0.1) is 0 Å². The summed E-state index contributed by atoms with van der Waals surface area (Å²) in [5, 5.41) is 10.8. The third-order valence-electron chi connectivity index (χ3n) is 1.45. The molecule has 0 unspecified atom stereocenters. The summed E-state index contributed by atoms with van der Waals surface area (Å²) in [6, 6.07) is 1.75. The fraction of sp³-hybridized carbons (Fsp3) is 0.200. The van der Waals surface area contributed by atoms with Crippen molar-refractivity contribution >= 4 is 11.6 Å². The van der Waals surface area contributed by atoms with Crippen molar-refractivity contribution in [2.24, 2.45) is 5.84 Å². The van der Waals surface area contributed by atoms with E-state index >= 15 is 0 Å². The molecule has 2 aromatic heterocycles. The highest BCUT2D eigenvalue weighted by Crippen LogP contribution is 2.06. The zero-order valence-electron chi connectivity index (χ0n) is 6.39. The van der Waals surface area contributed by atoms with E-state index in [0.717, 1.165) is 5.69 Å². The van der Waals surface area contributed by atoms with Gasteiger partial charge in [-0.3, -0.25) is 0 Å². The normalized spacial score (nSPS) is 10.5. The molecule has 0 aliphatic rings. The molecule has 0 bridgehead atoms. The lowest BCUT2D eigenvalue weighted by atomic mass is 10.4. The van der Waals surface area contributed by atoms with Gasteiger partial charge in [0.1, 0.15) is 5.82 Å². The van der Waals surface area contributed by atoms with E-state index in [-0.39, 0.29) is 0 Å². The first-order valence-corrected chi connectivity index (χ1v) is 3.33. The third kappa shape index (κ3) is 0.873. The second-order valence-electron chi connectivity index (χ2n) is 2.32. The van der Waals surface area contributed by atoms with Crippen LogP contribution in [0.2, 0.25) is 0 Å². The van der Waals surface area contributed by atoms with Gasteiger partial charge in [-0.05, 0) is 17.4 Å². The van der Waals surface area contributed by atoms with Gasteiger partial charge in [-0.1, -0.05) is 5.10 Å². The molecule has 0 atom stereocenters. The number of hydrazine groups is 1.